The van der Waals surface area contributed by atoms with Gasteiger partial charge in [-0.3, -0.25) is 4.40 Å². The Morgan fingerprint density at radius 2 is 0.958 bits per heavy atom. The van der Waals surface area contributed by atoms with Gasteiger partial charge < -0.3 is 4.42 Å². The maximum atomic E-state index is 6.58. The molecule has 0 atom stereocenters. The molecule has 0 N–H and O–H groups in total. The Labute approximate surface area is 274 Å². The van der Waals surface area contributed by atoms with Crippen LogP contribution in [0.3, 0.4) is 0 Å². The average molecular weight is 616 g/mol. The van der Waals surface area contributed by atoms with Gasteiger partial charge in [0.05, 0.1) is 11.0 Å². The smallest absolute Gasteiger partial charge is 0.164 e. The van der Waals surface area contributed by atoms with E-state index >= 15 is 0 Å². The van der Waals surface area contributed by atoms with Gasteiger partial charge in [-0.1, -0.05) is 127 Å². The van der Waals surface area contributed by atoms with E-state index in [0.717, 1.165) is 77.3 Å². The normalized spacial score (nSPS) is 11.8. The minimum atomic E-state index is 0.631. The first kappa shape index (κ1) is 26.5. The Morgan fingerprint density at radius 3 is 1.65 bits per heavy atom. The zero-order chi connectivity index (χ0) is 31.6. The lowest BCUT2D eigenvalue weighted by Gasteiger charge is -2.09. The highest BCUT2D eigenvalue weighted by Crippen LogP contribution is 2.39. The van der Waals surface area contributed by atoms with Gasteiger partial charge in [-0.05, 0) is 35.4 Å². The van der Waals surface area contributed by atoms with E-state index in [4.69, 9.17) is 24.4 Å². The van der Waals surface area contributed by atoms with E-state index in [1.54, 1.807) is 0 Å². The number of benzene rings is 6. The first-order chi connectivity index (χ1) is 23.8. The number of fused-ring (bicyclic) bond motifs is 10. The molecule has 10 aromatic rings. The van der Waals surface area contributed by atoms with Crippen molar-refractivity contribution in [2.75, 3.05) is 0 Å². The molecular formula is C42H25N5O. The average Bonchev–Trinajstić information content (AvgIpc) is 3.74. The molecule has 6 aromatic carbocycles. The summed E-state index contributed by atoms with van der Waals surface area (Å²) in [7, 11) is 0. The Bertz CT molecular complexity index is 2760. The third kappa shape index (κ3) is 4.13. The van der Waals surface area contributed by atoms with Crippen LogP contribution in [0.5, 0.6) is 0 Å². The van der Waals surface area contributed by atoms with Gasteiger partial charge in [-0.2, -0.15) is 0 Å². The van der Waals surface area contributed by atoms with E-state index < -0.39 is 0 Å². The molecule has 6 heteroatoms. The van der Waals surface area contributed by atoms with Crippen molar-refractivity contribution < 1.29 is 4.42 Å². The molecule has 0 spiro atoms. The fourth-order valence-corrected chi connectivity index (χ4v) is 6.73. The molecule has 0 amide bonds. The maximum absolute atomic E-state index is 6.58. The molecule has 0 saturated heterocycles. The van der Waals surface area contributed by atoms with Gasteiger partial charge in [0.1, 0.15) is 16.7 Å². The standard InChI is InChI=1S/C42H25N5O/c1-3-11-27(12-4-1)39-44-40(28-13-5-2-6-14-28)46-41(45-39)29-21-19-26(20-22-29)30-23-24-36-33(25-30)37-38(48-36)31-15-7-8-16-32(31)42-43-34-17-9-10-18-35(34)47(37)42/h1-25H. The topological polar surface area (TPSA) is 69.1 Å². The minimum Gasteiger partial charge on any atom is -0.454 e. The van der Waals surface area contributed by atoms with Crippen molar-refractivity contribution in [2.45, 2.75) is 0 Å². The molecule has 0 aliphatic heterocycles. The highest BCUT2D eigenvalue weighted by molar-refractivity contribution is 6.19. The largest absolute Gasteiger partial charge is 0.454 e. The molecule has 224 valence electrons. The second-order valence-corrected chi connectivity index (χ2v) is 11.9. The van der Waals surface area contributed by atoms with E-state index in [9.17, 15) is 0 Å². The van der Waals surface area contributed by atoms with Crippen molar-refractivity contribution in [3.8, 4) is 45.3 Å². The van der Waals surface area contributed by atoms with Gasteiger partial charge in [-0.15, -0.1) is 0 Å². The molecule has 6 nitrogen and oxygen atoms in total. The molecular weight excluding hydrogens is 590 g/mol. The molecule has 0 aliphatic rings. The van der Waals surface area contributed by atoms with Crippen LogP contribution in [0.25, 0.3) is 94.8 Å². The number of hydrogen-bond acceptors (Lipinski definition) is 5. The van der Waals surface area contributed by atoms with E-state index in [2.05, 4.69) is 89.3 Å². The van der Waals surface area contributed by atoms with E-state index in [-0.39, 0.29) is 0 Å². The maximum Gasteiger partial charge on any atom is 0.164 e. The highest BCUT2D eigenvalue weighted by Gasteiger charge is 2.20. The number of rotatable bonds is 4. The van der Waals surface area contributed by atoms with Crippen molar-refractivity contribution in [2.24, 2.45) is 0 Å². The molecule has 0 fully saturated rings. The summed E-state index contributed by atoms with van der Waals surface area (Å²) in [6.45, 7) is 0. The Kier molecular flexibility index (Phi) is 5.77. The number of aromatic nitrogens is 5. The fourth-order valence-electron chi connectivity index (χ4n) is 6.73. The van der Waals surface area contributed by atoms with Crippen molar-refractivity contribution in [3.05, 3.63) is 152 Å². The molecule has 0 bridgehead atoms. The second-order valence-electron chi connectivity index (χ2n) is 11.9. The van der Waals surface area contributed by atoms with Crippen LogP contribution in [0.2, 0.25) is 0 Å². The van der Waals surface area contributed by atoms with E-state index in [1.807, 2.05) is 66.7 Å². The summed E-state index contributed by atoms with van der Waals surface area (Å²) in [5.74, 6) is 1.92. The van der Waals surface area contributed by atoms with Crippen LogP contribution < -0.4 is 0 Å². The molecule has 4 aromatic heterocycles. The zero-order valence-electron chi connectivity index (χ0n) is 25.6. The summed E-state index contributed by atoms with van der Waals surface area (Å²) < 4.78 is 8.84. The van der Waals surface area contributed by atoms with Crippen LogP contribution in [0.4, 0.5) is 0 Å². The van der Waals surface area contributed by atoms with Gasteiger partial charge in [0.15, 0.2) is 23.1 Å². The summed E-state index contributed by atoms with van der Waals surface area (Å²) >= 11 is 0. The van der Waals surface area contributed by atoms with Gasteiger partial charge >= 0.3 is 0 Å². The van der Waals surface area contributed by atoms with Crippen LogP contribution in [0, 0.1) is 0 Å². The third-order valence-electron chi connectivity index (χ3n) is 9.03. The quantitative estimate of drug-likeness (QED) is 0.197. The van der Waals surface area contributed by atoms with Crippen molar-refractivity contribution >= 4 is 49.5 Å². The van der Waals surface area contributed by atoms with Gasteiger partial charge in [-0.25, -0.2) is 19.9 Å². The Morgan fingerprint density at radius 1 is 0.417 bits per heavy atom. The Hall–Kier alpha value is -6.66. The summed E-state index contributed by atoms with van der Waals surface area (Å²) in [5, 5.41) is 3.17. The molecule has 48 heavy (non-hydrogen) atoms. The molecule has 10 rings (SSSR count). The van der Waals surface area contributed by atoms with Crippen LogP contribution in [-0.2, 0) is 0 Å². The molecule has 4 heterocycles. The Balaban J connectivity index is 1.12. The lowest BCUT2D eigenvalue weighted by Crippen LogP contribution is -2.00. The molecule has 0 aliphatic carbocycles. The fraction of sp³-hybridized carbons (Fsp3) is 0. The van der Waals surface area contributed by atoms with Crippen LogP contribution in [0.1, 0.15) is 0 Å². The predicted molar refractivity (Wildman–Crippen MR) is 193 cm³/mol. The molecule has 0 saturated carbocycles. The van der Waals surface area contributed by atoms with Crippen LogP contribution >= 0.6 is 0 Å². The monoisotopic (exact) mass is 615 g/mol. The minimum absolute atomic E-state index is 0.631. The van der Waals surface area contributed by atoms with Gasteiger partial charge in [0.25, 0.3) is 0 Å². The zero-order valence-corrected chi connectivity index (χ0v) is 25.6. The van der Waals surface area contributed by atoms with Crippen LogP contribution in [0.15, 0.2) is 156 Å². The lowest BCUT2D eigenvalue weighted by atomic mass is 10.0. The molecule has 0 radical (unpaired) electrons. The lowest BCUT2D eigenvalue weighted by molar-refractivity contribution is 0.672. The van der Waals surface area contributed by atoms with Crippen molar-refractivity contribution in [1.82, 2.24) is 24.3 Å². The number of hydrogen-bond donors (Lipinski definition) is 0. The number of imidazole rings is 1. The predicted octanol–water partition coefficient (Wildman–Crippen LogP) is 10.4. The summed E-state index contributed by atoms with van der Waals surface area (Å²) in [6, 6.07) is 51.6. The van der Waals surface area contributed by atoms with Crippen molar-refractivity contribution in [3.63, 3.8) is 0 Å². The van der Waals surface area contributed by atoms with Crippen molar-refractivity contribution in [1.29, 1.82) is 0 Å². The van der Waals surface area contributed by atoms with Gasteiger partial charge in [0, 0.05) is 32.8 Å². The van der Waals surface area contributed by atoms with Crippen LogP contribution in [-0.4, -0.2) is 24.3 Å². The number of nitrogens with zero attached hydrogens (tertiary/aromatic N) is 5. The second kappa shape index (κ2) is 10.4. The van der Waals surface area contributed by atoms with Gasteiger partial charge in [0.2, 0.25) is 0 Å². The summed E-state index contributed by atoms with van der Waals surface area (Å²) in [4.78, 5) is 19.7. The molecule has 0 unspecified atom stereocenters. The summed E-state index contributed by atoms with van der Waals surface area (Å²) in [6.07, 6.45) is 0. The number of para-hydroxylation sites is 2. The summed E-state index contributed by atoms with van der Waals surface area (Å²) in [5.41, 5.74) is 10.7. The SMILES string of the molecule is c1ccc(-c2nc(-c3ccccc3)nc(-c3ccc(-c4ccc5oc6c7ccccc7c7nc8ccccc8n7c6c5c4)cc3)n2)cc1. The number of pyridine rings is 1. The van der Waals surface area contributed by atoms with E-state index in [0.29, 0.717) is 17.5 Å². The first-order valence-corrected chi connectivity index (χ1v) is 15.9. The first-order valence-electron chi connectivity index (χ1n) is 15.9. The van der Waals surface area contributed by atoms with E-state index in [1.165, 1.54) is 0 Å². The highest BCUT2D eigenvalue weighted by atomic mass is 16.3. The third-order valence-corrected chi connectivity index (χ3v) is 9.03. The number of furan rings is 1.